The smallest absolute Gasteiger partial charge is 0.141 e. The first-order valence-corrected chi connectivity index (χ1v) is 10.9. The van der Waals surface area contributed by atoms with Crippen LogP contribution in [0.15, 0.2) is 85.1 Å². The predicted molar refractivity (Wildman–Crippen MR) is 134 cm³/mol. The molecule has 5 nitrogen and oxygen atoms in total. The van der Waals surface area contributed by atoms with Gasteiger partial charge in [0.15, 0.2) is 0 Å². The van der Waals surface area contributed by atoms with Crippen LogP contribution < -0.4 is 10.2 Å². The van der Waals surface area contributed by atoms with Gasteiger partial charge >= 0.3 is 0 Å². The molecular weight excluding hydrogens is 408 g/mol. The van der Waals surface area contributed by atoms with Crippen LogP contribution in [-0.2, 0) is 0 Å². The van der Waals surface area contributed by atoms with E-state index in [4.69, 9.17) is 9.97 Å². The summed E-state index contributed by atoms with van der Waals surface area (Å²) in [6, 6.07) is 26.3. The fraction of sp³-hybridized carbons (Fsp3) is 0.0714. The highest BCUT2D eigenvalue weighted by atomic mass is 16.3. The Balaban J connectivity index is 1.53. The summed E-state index contributed by atoms with van der Waals surface area (Å²) in [7, 11) is 0. The van der Waals surface area contributed by atoms with Gasteiger partial charge in [-0.15, -0.1) is 0 Å². The summed E-state index contributed by atoms with van der Waals surface area (Å²) in [6.45, 7) is 4.06. The van der Waals surface area contributed by atoms with Crippen LogP contribution in [0.25, 0.3) is 22.2 Å². The highest BCUT2D eigenvalue weighted by Gasteiger charge is 2.25. The summed E-state index contributed by atoms with van der Waals surface area (Å²) in [5.41, 5.74) is 8.67. The third kappa shape index (κ3) is 3.17. The molecule has 1 aliphatic rings. The number of rotatable bonds is 2. The van der Waals surface area contributed by atoms with E-state index in [0.717, 1.165) is 56.3 Å². The predicted octanol–water partition coefficient (Wildman–Crippen LogP) is 7.15. The number of phenolic OH excluding ortho intramolecular Hbond substituents is 1. The average Bonchev–Trinajstić information content (AvgIpc) is 2.85. The molecule has 5 aromatic rings. The summed E-state index contributed by atoms with van der Waals surface area (Å²) in [4.78, 5) is 11.7. The number of pyridine rings is 2. The molecule has 160 valence electrons. The highest BCUT2D eigenvalue weighted by molar-refractivity contribution is 5.97. The fourth-order valence-corrected chi connectivity index (χ4v) is 4.38. The normalized spacial score (nSPS) is 12.2. The molecule has 3 aromatic carbocycles. The molecule has 1 aliphatic heterocycles. The molecule has 0 aliphatic carbocycles. The summed E-state index contributed by atoms with van der Waals surface area (Å²) >= 11 is 0. The lowest BCUT2D eigenvalue weighted by molar-refractivity contribution is 0.480. The highest BCUT2D eigenvalue weighted by Crippen LogP contribution is 2.48. The van der Waals surface area contributed by atoms with E-state index in [1.807, 2.05) is 56.4 Å². The van der Waals surface area contributed by atoms with Gasteiger partial charge in [-0.1, -0.05) is 36.4 Å². The van der Waals surface area contributed by atoms with Gasteiger partial charge in [-0.3, -0.25) is 4.90 Å². The quantitative estimate of drug-likeness (QED) is 0.305. The van der Waals surface area contributed by atoms with Crippen LogP contribution in [0.5, 0.6) is 5.75 Å². The maximum atomic E-state index is 10.4. The molecule has 0 radical (unpaired) electrons. The number of hydrogen-bond donors (Lipinski definition) is 2. The Morgan fingerprint density at radius 1 is 0.818 bits per heavy atom. The average molecular weight is 431 g/mol. The molecule has 5 heteroatoms. The number of aromatic hydroxyl groups is 1. The third-order valence-corrected chi connectivity index (χ3v) is 6.13. The van der Waals surface area contributed by atoms with Crippen molar-refractivity contribution in [3.05, 3.63) is 96.2 Å². The second-order valence-corrected chi connectivity index (χ2v) is 8.40. The number of fused-ring (bicyclic) bond motifs is 3. The van der Waals surface area contributed by atoms with Crippen molar-refractivity contribution in [2.75, 3.05) is 10.2 Å². The van der Waals surface area contributed by atoms with E-state index in [1.165, 1.54) is 0 Å². The standard InChI is InChI=1S/C28H22N4O/c1-17-7-14-27(29-16-17)32-24-6-4-3-5-22(24)30-23-11-9-19(15-25(23)32)21-12-10-20-18(2)8-13-26(33)28(20)31-21/h3-16,30,33H,1-2H3. The van der Waals surface area contributed by atoms with Gasteiger partial charge < -0.3 is 10.4 Å². The van der Waals surface area contributed by atoms with Crippen LogP contribution in [0.3, 0.4) is 0 Å². The lowest BCUT2D eigenvalue weighted by atomic mass is 10.0. The van der Waals surface area contributed by atoms with Gasteiger partial charge in [-0.05, 0) is 67.4 Å². The van der Waals surface area contributed by atoms with Crippen molar-refractivity contribution < 1.29 is 5.11 Å². The number of nitrogens with zero attached hydrogens (tertiary/aromatic N) is 3. The molecule has 0 amide bonds. The van der Waals surface area contributed by atoms with Gasteiger partial charge in [0.25, 0.3) is 0 Å². The first-order chi connectivity index (χ1) is 16.1. The van der Waals surface area contributed by atoms with Gasteiger partial charge in [-0.25, -0.2) is 9.97 Å². The number of phenols is 1. The third-order valence-electron chi connectivity index (χ3n) is 6.13. The zero-order chi connectivity index (χ0) is 22.5. The maximum absolute atomic E-state index is 10.4. The van der Waals surface area contributed by atoms with E-state index in [-0.39, 0.29) is 5.75 Å². The molecule has 0 saturated carbocycles. The van der Waals surface area contributed by atoms with Gasteiger partial charge in [0, 0.05) is 17.1 Å². The van der Waals surface area contributed by atoms with Crippen molar-refractivity contribution >= 4 is 39.5 Å². The summed E-state index contributed by atoms with van der Waals surface area (Å²) in [6.07, 6.45) is 1.89. The van der Waals surface area contributed by atoms with Gasteiger partial charge in [-0.2, -0.15) is 0 Å². The Kier molecular flexibility index (Phi) is 4.30. The lowest BCUT2D eigenvalue weighted by Gasteiger charge is -2.33. The Labute approximate surface area is 192 Å². The molecule has 33 heavy (non-hydrogen) atoms. The molecule has 0 atom stereocenters. The molecule has 0 spiro atoms. The van der Waals surface area contributed by atoms with E-state index in [9.17, 15) is 5.11 Å². The Bertz CT molecular complexity index is 1530. The van der Waals surface area contributed by atoms with Crippen molar-refractivity contribution in [3.8, 4) is 17.0 Å². The van der Waals surface area contributed by atoms with Gasteiger partial charge in [0.2, 0.25) is 0 Å². The molecule has 0 saturated heterocycles. The summed E-state index contributed by atoms with van der Waals surface area (Å²) in [5, 5.41) is 14.9. The topological polar surface area (TPSA) is 61.3 Å². The first-order valence-electron chi connectivity index (χ1n) is 10.9. The minimum atomic E-state index is 0.191. The van der Waals surface area contributed by atoms with Crippen molar-refractivity contribution in [3.63, 3.8) is 0 Å². The largest absolute Gasteiger partial charge is 0.506 e. The zero-order valence-corrected chi connectivity index (χ0v) is 18.4. The van der Waals surface area contributed by atoms with E-state index in [1.54, 1.807) is 6.07 Å². The minimum Gasteiger partial charge on any atom is -0.506 e. The van der Waals surface area contributed by atoms with Crippen LogP contribution in [0.4, 0.5) is 28.6 Å². The lowest BCUT2D eigenvalue weighted by Crippen LogP contribution is -2.18. The van der Waals surface area contributed by atoms with E-state index >= 15 is 0 Å². The number of aromatic nitrogens is 2. The van der Waals surface area contributed by atoms with Crippen LogP contribution in [-0.4, -0.2) is 15.1 Å². The maximum Gasteiger partial charge on any atom is 0.141 e. The molecule has 6 rings (SSSR count). The summed E-state index contributed by atoms with van der Waals surface area (Å²) in [5.74, 6) is 1.05. The molecule has 2 aromatic heterocycles. The van der Waals surface area contributed by atoms with Crippen molar-refractivity contribution in [1.82, 2.24) is 9.97 Å². The molecular formula is C28H22N4O. The van der Waals surface area contributed by atoms with Crippen molar-refractivity contribution in [1.29, 1.82) is 0 Å². The first kappa shape index (κ1) is 19.3. The van der Waals surface area contributed by atoms with E-state index < -0.39 is 0 Å². The van der Waals surface area contributed by atoms with E-state index in [0.29, 0.717) is 5.52 Å². The van der Waals surface area contributed by atoms with Crippen molar-refractivity contribution in [2.45, 2.75) is 13.8 Å². The number of anilines is 5. The van der Waals surface area contributed by atoms with Gasteiger partial charge in [0.05, 0.1) is 28.4 Å². The monoisotopic (exact) mass is 430 g/mol. The second kappa shape index (κ2) is 7.35. The number of benzene rings is 3. The number of aryl methyl sites for hydroxylation is 2. The van der Waals surface area contributed by atoms with Crippen LogP contribution in [0, 0.1) is 13.8 Å². The van der Waals surface area contributed by atoms with Crippen LogP contribution in [0.1, 0.15) is 11.1 Å². The second-order valence-electron chi connectivity index (χ2n) is 8.40. The molecule has 3 heterocycles. The molecule has 2 N–H and O–H groups in total. The Morgan fingerprint density at radius 2 is 1.67 bits per heavy atom. The molecule has 0 fully saturated rings. The number of para-hydroxylation sites is 2. The Hall–Kier alpha value is -4.38. The molecule has 0 bridgehead atoms. The van der Waals surface area contributed by atoms with Gasteiger partial charge in [0.1, 0.15) is 17.1 Å². The zero-order valence-electron chi connectivity index (χ0n) is 18.4. The number of hydrogen-bond acceptors (Lipinski definition) is 5. The van der Waals surface area contributed by atoms with Crippen LogP contribution >= 0.6 is 0 Å². The minimum absolute atomic E-state index is 0.191. The van der Waals surface area contributed by atoms with Crippen molar-refractivity contribution in [2.24, 2.45) is 0 Å². The molecule has 0 unspecified atom stereocenters. The fourth-order valence-electron chi connectivity index (χ4n) is 4.38. The Morgan fingerprint density at radius 3 is 2.52 bits per heavy atom. The SMILES string of the molecule is Cc1ccc(N2c3ccccc3Nc3ccc(-c4ccc5c(C)ccc(O)c5n4)cc32)nc1. The number of nitrogens with one attached hydrogen (secondary N) is 1. The van der Waals surface area contributed by atoms with Crippen LogP contribution in [0.2, 0.25) is 0 Å². The van der Waals surface area contributed by atoms with E-state index in [2.05, 4.69) is 46.6 Å². The summed E-state index contributed by atoms with van der Waals surface area (Å²) < 4.78 is 0.